The van der Waals surface area contributed by atoms with Crippen LogP contribution in [0.15, 0.2) is 0 Å². The molecule has 0 bridgehead atoms. The van der Waals surface area contributed by atoms with E-state index in [1.807, 2.05) is 11.8 Å². The van der Waals surface area contributed by atoms with Gasteiger partial charge in [-0.3, -0.25) is 4.79 Å². The molecule has 0 aromatic carbocycles. The fraction of sp³-hybridized carbons (Fsp3) is 0.667. The molecule has 1 fully saturated rings. The van der Waals surface area contributed by atoms with Crippen molar-refractivity contribution in [2.45, 2.75) is 13.8 Å². The first kappa shape index (κ1) is 10.4. The maximum atomic E-state index is 11.1. The molecule has 0 unspecified atom stereocenters. The van der Waals surface area contributed by atoms with Gasteiger partial charge in [-0.05, 0) is 6.92 Å². The second-order valence-corrected chi connectivity index (χ2v) is 4.76. The molecule has 0 aliphatic carbocycles. The van der Waals surface area contributed by atoms with E-state index in [0.29, 0.717) is 0 Å². The minimum absolute atomic E-state index is 0.156. The molecule has 1 saturated heterocycles. The summed E-state index contributed by atoms with van der Waals surface area (Å²) in [6.45, 7) is 6.85. The summed E-state index contributed by atoms with van der Waals surface area (Å²) in [6.07, 6.45) is 0. The van der Waals surface area contributed by atoms with Gasteiger partial charge in [0.1, 0.15) is 5.01 Å². The molecule has 0 N–H and O–H groups in total. The maximum Gasteiger partial charge on any atom is 0.219 e. The van der Waals surface area contributed by atoms with E-state index in [-0.39, 0.29) is 5.91 Å². The van der Waals surface area contributed by atoms with Crippen molar-refractivity contribution in [2.75, 3.05) is 31.1 Å². The van der Waals surface area contributed by atoms with Crippen LogP contribution in [0.1, 0.15) is 11.9 Å². The zero-order valence-corrected chi connectivity index (χ0v) is 9.75. The molecule has 0 atom stereocenters. The van der Waals surface area contributed by atoms with E-state index in [1.165, 1.54) is 0 Å². The monoisotopic (exact) mass is 226 g/mol. The Labute approximate surface area is 92.7 Å². The zero-order valence-electron chi connectivity index (χ0n) is 8.93. The molecule has 1 amide bonds. The highest BCUT2D eigenvalue weighted by molar-refractivity contribution is 7.15. The lowest BCUT2D eigenvalue weighted by molar-refractivity contribution is -0.129. The number of rotatable bonds is 1. The molecule has 1 aromatic rings. The highest BCUT2D eigenvalue weighted by atomic mass is 32.1. The Bertz CT molecular complexity index is 357. The van der Waals surface area contributed by atoms with Crippen molar-refractivity contribution >= 4 is 22.4 Å². The van der Waals surface area contributed by atoms with Gasteiger partial charge in [0.15, 0.2) is 0 Å². The number of anilines is 1. The standard InChI is InChI=1S/C9H14N4OS/c1-7-10-11-9(15-7)13-5-3-12(4-6-13)8(2)14/h3-6H2,1-2H3. The van der Waals surface area contributed by atoms with Gasteiger partial charge in [-0.15, -0.1) is 10.2 Å². The molecule has 0 radical (unpaired) electrons. The lowest BCUT2D eigenvalue weighted by atomic mass is 10.3. The molecule has 2 rings (SSSR count). The lowest BCUT2D eigenvalue weighted by Gasteiger charge is -2.33. The maximum absolute atomic E-state index is 11.1. The highest BCUT2D eigenvalue weighted by Crippen LogP contribution is 2.20. The van der Waals surface area contributed by atoms with Crippen LogP contribution in [0.4, 0.5) is 5.13 Å². The number of aromatic nitrogens is 2. The molecule has 0 spiro atoms. The molecule has 1 aliphatic heterocycles. The van der Waals surface area contributed by atoms with Gasteiger partial charge in [-0.25, -0.2) is 0 Å². The van der Waals surface area contributed by atoms with Gasteiger partial charge >= 0.3 is 0 Å². The van der Waals surface area contributed by atoms with Gasteiger partial charge in [0, 0.05) is 33.1 Å². The summed E-state index contributed by atoms with van der Waals surface area (Å²) in [4.78, 5) is 15.2. The van der Waals surface area contributed by atoms with E-state index >= 15 is 0 Å². The summed E-state index contributed by atoms with van der Waals surface area (Å²) in [5, 5.41) is 10.0. The third-order valence-corrected chi connectivity index (χ3v) is 3.41. The smallest absolute Gasteiger partial charge is 0.219 e. The highest BCUT2D eigenvalue weighted by Gasteiger charge is 2.20. The number of carbonyl (C=O) groups is 1. The first-order chi connectivity index (χ1) is 7.16. The number of carbonyl (C=O) groups excluding carboxylic acids is 1. The van der Waals surface area contributed by atoms with E-state index in [4.69, 9.17) is 0 Å². The molecule has 0 saturated carbocycles. The van der Waals surface area contributed by atoms with Crippen molar-refractivity contribution in [3.63, 3.8) is 0 Å². The second kappa shape index (κ2) is 4.14. The normalized spacial score (nSPS) is 16.9. The van der Waals surface area contributed by atoms with Crippen LogP contribution in [-0.4, -0.2) is 47.2 Å². The van der Waals surface area contributed by atoms with Crippen LogP contribution in [0.2, 0.25) is 0 Å². The minimum atomic E-state index is 0.156. The van der Waals surface area contributed by atoms with Crippen LogP contribution in [0.5, 0.6) is 0 Å². The molecule has 2 heterocycles. The first-order valence-corrected chi connectivity index (χ1v) is 5.79. The van der Waals surface area contributed by atoms with Gasteiger partial charge in [-0.1, -0.05) is 11.3 Å². The van der Waals surface area contributed by atoms with Gasteiger partial charge in [0.05, 0.1) is 0 Å². The summed E-state index contributed by atoms with van der Waals surface area (Å²) in [5.74, 6) is 0.156. The van der Waals surface area contributed by atoms with Gasteiger partial charge in [-0.2, -0.15) is 0 Å². The summed E-state index contributed by atoms with van der Waals surface area (Å²) < 4.78 is 0. The van der Waals surface area contributed by atoms with Gasteiger partial charge in [0.2, 0.25) is 11.0 Å². The Morgan fingerprint density at radius 3 is 2.40 bits per heavy atom. The minimum Gasteiger partial charge on any atom is -0.343 e. The Balaban J connectivity index is 1.96. The van der Waals surface area contributed by atoms with E-state index in [2.05, 4.69) is 15.1 Å². The molecule has 15 heavy (non-hydrogen) atoms. The van der Waals surface area contributed by atoms with Gasteiger partial charge < -0.3 is 9.80 Å². The Morgan fingerprint density at radius 1 is 1.27 bits per heavy atom. The van der Waals surface area contributed by atoms with Crippen molar-refractivity contribution in [1.29, 1.82) is 0 Å². The molecule has 1 aromatic heterocycles. The van der Waals surface area contributed by atoms with Crippen molar-refractivity contribution < 1.29 is 4.79 Å². The van der Waals surface area contributed by atoms with E-state index in [0.717, 1.165) is 36.3 Å². The molecule has 6 heteroatoms. The largest absolute Gasteiger partial charge is 0.343 e. The fourth-order valence-electron chi connectivity index (χ4n) is 1.63. The molecular formula is C9H14N4OS. The third-order valence-electron chi connectivity index (χ3n) is 2.51. The summed E-state index contributed by atoms with van der Waals surface area (Å²) >= 11 is 1.60. The quantitative estimate of drug-likeness (QED) is 0.700. The molecule has 1 aliphatic rings. The van der Waals surface area contributed by atoms with E-state index < -0.39 is 0 Å². The van der Waals surface area contributed by atoms with Crippen LogP contribution in [0.25, 0.3) is 0 Å². The van der Waals surface area contributed by atoms with Crippen LogP contribution >= 0.6 is 11.3 Å². The number of hydrogen-bond acceptors (Lipinski definition) is 5. The van der Waals surface area contributed by atoms with Gasteiger partial charge in [0.25, 0.3) is 0 Å². The average Bonchev–Trinajstić information content (AvgIpc) is 2.65. The molecule has 82 valence electrons. The van der Waals surface area contributed by atoms with E-state index in [9.17, 15) is 4.79 Å². The van der Waals surface area contributed by atoms with Crippen LogP contribution in [-0.2, 0) is 4.79 Å². The number of aryl methyl sites for hydroxylation is 1. The third kappa shape index (κ3) is 2.26. The predicted molar refractivity (Wildman–Crippen MR) is 59.1 cm³/mol. The first-order valence-electron chi connectivity index (χ1n) is 4.97. The van der Waals surface area contributed by atoms with Crippen molar-refractivity contribution in [2.24, 2.45) is 0 Å². The van der Waals surface area contributed by atoms with Crippen LogP contribution in [0.3, 0.4) is 0 Å². The number of nitrogens with zero attached hydrogens (tertiary/aromatic N) is 4. The van der Waals surface area contributed by atoms with E-state index in [1.54, 1.807) is 18.3 Å². The SMILES string of the molecule is CC(=O)N1CCN(c2nnc(C)s2)CC1. The number of hydrogen-bond donors (Lipinski definition) is 0. The zero-order chi connectivity index (χ0) is 10.8. The van der Waals surface area contributed by atoms with Crippen LogP contribution < -0.4 is 4.90 Å². The fourth-order valence-corrected chi connectivity index (χ4v) is 2.37. The summed E-state index contributed by atoms with van der Waals surface area (Å²) in [7, 11) is 0. The summed E-state index contributed by atoms with van der Waals surface area (Å²) in [5.41, 5.74) is 0. The van der Waals surface area contributed by atoms with Crippen LogP contribution in [0, 0.1) is 6.92 Å². The Kier molecular flexibility index (Phi) is 2.86. The average molecular weight is 226 g/mol. The topological polar surface area (TPSA) is 49.3 Å². The predicted octanol–water partition coefficient (Wildman–Crippen LogP) is 0.515. The molecular weight excluding hydrogens is 212 g/mol. The second-order valence-electron chi connectivity index (χ2n) is 3.60. The van der Waals surface area contributed by atoms with Crippen molar-refractivity contribution in [3.05, 3.63) is 5.01 Å². The van der Waals surface area contributed by atoms with Crippen molar-refractivity contribution in [3.8, 4) is 0 Å². The Hall–Kier alpha value is -1.17. The summed E-state index contributed by atoms with van der Waals surface area (Å²) in [6, 6.07) is 0. The number of piperazine rings is 1. The lowest BCUT2D eigenvalue weighted by Crippen LogP contribution is -2.48. The Morgan fingerprint density at radius 2 is 1.93 bits per heavy atom. The van der Waals surface area contributed by atoms with Crippen molar-refractivity contribution in [1.82, 2.24) is 15.1 Å². The molecule has 5 nitrogen and oxygen atoms in total. The number of amides is 1.